The van der Waals surface area contributed by atoms with Crippen LogP contribution < -0.4 is 0 Å². The van der Waals surface area contributed by atoms with Gasteiger partial charge in [0, 0.05) is 21.7 Å². The van der Waals surface area contributed by atoms with Crippen LogP contribution in [0.4, 0.5) is 0 Å². The van der Waals surface area contributed by atoms with Gasteiger partial charge >= 0.3 is 0 Å². The number of carbonyl (C=O) groups is 1. The quantitative estimate of drug-likeness (QED) is 0.682. The first-order valence-corrected chi connectivity index (χ1v) is 8.46. The summed E-state index contributed by atoms with van der Waals surface area (Å²) in [5, 5.41) is 10.6. The van der Waals surface area contributed by atoms with Gasteiger partial charge in [-0.2, -0.15) is 0 Å². The molecule has 2 nitrogen and oxygen atoms in total. The van der Waals surface area contributed by atoms with E-state index in [1.807, 2.05) is 59.8 Å². The maximum absolute atomic E-state index is 12.9. The van der Waals surface area contributed by atoms with Gasteiger partial charge in [-0.1, -0.05) is 53.1 Å². The minimum absolute atomic E-state index is 0.0995. The number of rotatable bonds is 1. The second kappa shape index (κ2) is 6.25. The average molecular weight is 345 g/mol. The fourth-order valence-corrected chi connectivity index (χ4v) is 2.85. The lowest BCUT2D eigenvalue weighted by atomic mass is 9.72. The fourth-order valence-electron chi connectivity index (χ4n) is 2.67. The monoisotopic (exact) mass is 344 g/mol. The van der Waals surface area contributed by atoms with E-state index in [2.05, 4.69) is 0 Å². The van der Waals surface area contributed by atoms with Gasteiger partial charge in [0.25, 0.3) is 0 Å². The van der Waals surface area contributed by atoms with Gasteiger partial charge in [-0.05, 0) is 52.8 Å². The van der Waals surface area contributed by atoms with Crippen molar-refractivity contribution < 1.29 is 9.90 Å². The molecule has 1 aliphatic carbocycles. The van der Waals surface area contributed by atoms with Crippen molar-refractivity contribution in [1.29, 1.82) is 0 Å². The van der Waals surface area contributed by atoms with Crippen LogP contribution in [0.3, 0.4) is 0 Å². The van der Waals surface area contributed by atoms with E-state index in [1.54, 1.807) is 18.2 Å². The molecule has 1 N–H and O–H groups in total. The molecule has 0 fully saturated rings. The van der Waals surface area contributed by atoms with Crippen LogP contribution in [0.5, 0.6) is 5.75 Å². The van der Waals surface area contributed by atoms with Crippen LogP contribution in [-0.4, -0.2) is 10.9 Å². The minimum atomic E-state index is -0.253. The normalized spacial score (nSPS) is 16.0. The Balaban J connectivity index is 2.64. The second-order valence-electron chi connectivity index (χ2n) is 8.29. The molecule has 1 aromatic rings. The molecule has 0 amide bonds. The summed E-state index contributed by atoms with van der Waals surface area (Å²) in [5.41, 5.74) is 2.59. The Morgan fingerprint density at radius 3 is 1.92 bits per heavy atom. The van der Waals surface area contributed by atoms with Gasteiger partial charge in [0.15, 0.2) is 5.78 Å². The predicted octanol–water partition coefficient (Wildman–Crippen LogP) is 5.96. The van der Waals surface area contributed by atoms with Gasteiger partial charge in [-0.25, -0.2) is 0 Å². The van der Waals surface area contributed by atoms with Crippen molar-refractivity contribution in [2.45, 2.75) is 41.5 Å². The summed E-state index contributed by atoms with van der Waals surface area (Å²) in [6, 6.07) is 4.94. The molecule has 128 valence electrons. The molecule has 0 heterocycles. The van der Waals surface area contributed by atoms with E-state index < -0.39 is 0 Å². The summed E-state index contributed by atoms with van der Waals surface area (Å²) in [4.78, 5) is 12.9. The Morgan fingerprint density at radius 2 is 1.46 bits per heavy atom. The summed E-state index contributed by atoms with van der Waals surface area (Å²) < 4.78 is 0. The van der Waals surface area contributed by atoms with Crippen molar-refractivity contribution in [2.75, 3.05) is 0 Å². The number of Topliss-reactive ketones (excluding diaryl/α,β-unsaturated/α-hetero) is 1. The third-order valence-corrected chi connectivity index (χ3v) is 4.27. The van der Waals surface area contributed by atoms with Crippen LogP contribution >= 0.6 is 11.6 Å². The summed E-state index contributed by atoms with van der Waals surface area (Å²) in [7, 11) is 0. The lowest BCUT2D eigenvalue weighted by molar-refractivity contribution is -0.114. The summed E-state index contributed by atoms with van der Waals surface area (Å²) >= 11 is 6.03. The standard InChI is InChI=1S/C21H25ClO2/c1-20(2,3)16-10-13(11-17(19(16)24)21(4,5)6)9-14-12-15(22)7-8-18(14)23/h7-12,23H,1-6H3. The molecule has 1 aromatic carbocycles. The Labute approximate surface area is 149 Å². The summed E-state index contributed by atoms with van der Waals surface area (Å²) in [6.45, 7) is 12.2. The zero-order valence-corrected chi connectivity index (χ0v) is 16.0. The third-order valence-electron chi connectivity index (χ3n) is 4.04. The third kappa shape index (κ3) is 3.99. The molecule has 0 aliphatic heterocycles. The highest BCUT2D eigenvalue weighted by Crippen LogP contribution is 2.39. The van der Waals surface area contributed by atoms with E-state index in [1.165, 1.54) is 0 Å². The molecule has 0 radical (unpaired) electrons. The smallest absolute Gasteiger partial charge is 0.186 e. The Bertz CT molecular complexity index is 730. The molecule has 0 spiro atoms. The maximum atomic E-state index is 12.9. The highest BCUT2D eigenvalue weighted by atomic mass is 35.5. The number of phenols is 1. The Kier molecular flexibility index (Phi) is 4.83. The Morgan fingerprint density at radius 1 is 0.958 bits per heavy atom. The summed E-state index contributed by atoms with van der Waals surface area (Å²) in [5.74, 6) is 0.266. The van der Waals surface area contributed by atoms with Crippen LogP contribution in [0.1, 0.15) is 47.1 Å². The first-order valence-electron chi connectivity index (χ1n) is 8.09. The van der Waals surface area contributed by atoms with Crippen molar-refractivity contribution in [3.63, 3.8) is 0 Å². The molecular weight excluding hydrogens is 320 g/mol. The lowest BCUT2D eigenvalue weighted by Gasteiger charge is -2.31. The van der Waals surface area contributed by atoms with Gasteiger partial charge in [0.05, 0.1) is 0 Å². The van der Waals surface area contributed by atoms with Crippen LogP contribution in [0.2, 0.25) is 5.02 Å². The van der Waals surface area contributed by atoms with Crippen LogP contribution in [0, 0.1) is 10.8 Å². The summed E-state index contributed by atoms with van der Waals surface area (Å²) in [6.07, 6.45) is 5.70. The molecular formula is C21H25ClO2. The predicted molar refractivity (Wildman–Crippen MR) is 101 cm³/mol. The number of hydrogen-bond donors (Lipinski definition) is 1. The number of allylic oxidation sites excluding steroid dienone is 5. The van der Waals surface area contributed by atoms with Gasteiger partial charge in [0.2, 0.25) is 0 Å². The number of hydrogen-bond acceptors (Lipinski definition) is 2. The maximum Gasteiger partial charge on any atom is 0.186 e. The van der Waals surface area contributed by atoms with Gasteiger partial charge in [-0.3, -0.25) is 4.79 Å². The molecule has 1 aliphatic rings. The highest BCUT2D eigenvalue weighted by molar-refractivity contribution is 6.30. The van der Waals surface area contributed by atoms with E-state index in [0.29, 0.717) is 10.6 Å². The van der Waals surface area contributed by atoms with Gasteiger partial charge in [0.1, 0.15) is 5.75 Å². The SMILES string of the molecule is CC(C)(C)C1=CC(=Cc2cc(Cl)ccc2O)C=C(C(C)(C)C)C1=O. The minimum Gasteiger partial charge on any atom is -0.507 e. The average Bonchev–Trinajstić information content (AvgIpc) is 2.42. The van der Waals surface area contributed by atoms with Crippen molar-refractivity contribution >= 4 is 23.5 Å². The lowest BCUT2D eigenvalue weighted by Crippen LogP contribution is -2.27. The van der Waals surface area contributed by atoms with Crippen molar-refractivity contribution in [3.8, 4) is 5.75 Å². The highest BCUT2D eigenvalue weighted by Gasteiger charge is 2.33. The zero-order valence-electron chi connectivity index (χ0n) is 15.2. The van der Waals surface area contributed by atoms with E-state index in [0.717, 1.165) is 16.7 Å². The van der Waals surface area contributed by atoms with E-state index >= 15 is 0 Å². The molecule has 0 atom stereocenters. The first-order chi connectivity index (χ1) is 10.9. The molecule has 0 saturated carbocycles. The molecule has 24 heavy (non-hydrogen) atoms. The largest absolute Gasteiger partial charge is 0.507 e. The van der Waals surface area contributed by atoms with E-state index in [-0.39, 0.29) is 22.4 Å². The van der Waals surface area contributed by atoms with Crippen LogP contribution in [-0.2, 0) is 4.79 Å². The van der Waals surface area contributed by atoms with Gasteiger partial charge in [-0.15, -0.1) is 0 Å². The first kappa shape index (κ1) is 18.5. The molecule has 0 aromatic heterocycles. The number of aromatic hydroxyl groups is 1. The fraction of sp³-hybridized carbons (Fsp3) is 0.381. The van der Waals surface area contributed by atoms with E-state index in [4.69, 9.17) is 11.6 Å². The van der Waals surface area contributed by atoms with Crippen molar-refractivity contribution in [1.82, 2.24) is 0 Å². The van der Waals surface area contributed by atoms with Crippen LogP contribution in [0.15, 0.2) is 47.1 Å². The van der Waals surface area contributed by atoms with Crippen LogP contribution in [0.25, 0.3) is 6.08 Å². The molecule has 0 saturated heterocycles. The van der Waals surface area contributed by atoms with E-state index in [9.17, 15) is 9.90 Å². The van der Waals surface area contributed by atoms with Crippen molar-refractivity contribution in [3.05, 3.63) is 57.7 Å². The number of carbonyl (C=O) groups excluding carboxylic acids is 1. The molecule has 0 bridgehead atoms. The number of ketones is 1. The molecule has 0 unspecified atom stereocenters. The molecule has 2 rings (SSSR count). The topological polar surface area (TPSA) is 37.3 Å². The number of benzene rings is 1. The van der Waals surface area contributed by atoms with Crippen molar-refractivity contribution in [2.24, 2.45) is 10.8 Å². The number of phenolic OH excluding ortho intramolecular Hbond substituents is 1. The molecule has 3 heteroatoms. The number of halogens is 1. The zero-order chi connectivity index (χ0) is 18.3. The van der Waals surface area contributed by atoms with Gasteiger partial charge < -0.3 is 5.11 Å². The second-order valence-corrected chi connectivity index (χ2v) is 8.73. The Hall–Kier alpha value is -1.80.